The van der Waals surface area contributed by atoms with Gasteiger partial charge in [0.2, 0.25) is 0 Å². The van der Waals surface area contributed by atoms with Crippen molar-refractivity contribution in [3.05, 3.63) is 36.0 Å². The molecule has 0 bridgehead atoms. The second-order valence-corrected chi connectivity index (χ2v) is 7.17. The summed E-state index contributed by atoms with van der Waals surface area (Å²) in [6.45, 7) is 1.37. The van der Waals surface area contributed by atoms with Crippen LogP contribution in [0.4, 0.5) is 13.2 Å². The predicted octanol–water partition coefficient (Wildman–Crippen LogP) is 3.48. The maximum Gasteiger partial charge on any atom is 0.416 e. The molecule has 4 rings (SSSR count). The van der Waals surface area contributed by atoms with Gasteiger partial charge in [-0.15, -0.1) is 5.10 Å². The summed E-state index contributed by atoms with van der Waals surface area (Å²) in [5.41, 5.74) is 7.09. The summed E-state index contributed by atoms with van der Waals surface area (Å²) >= 11 is 0. The van der Waals surface area contributed by atoms with Crippen molar-refractivity contribution in [3.8, 4) is 11.3 Å². The molecule has 0 saturated heterocycles. The first-order valence-electron chi connectivity index (χ1n) is 8.15. The van der Waals surface area contributed by atoms with E-state index in [0.29, 0.717) is 23.2 Å². The van der Waals surface area contributed by atoms with Crippen LogP contribution in [0.25, 0.3) is 11.3 Å². The minimum absolute atomic E-state index is 0.121. The van der Waals surface area contributed by atoms with Gasteiger partial charge in [0.15, 0.2) is 0 Å². The molecule has 2 fully saturated rings. The van der Waals surface area contributed by atoms with Crippen molar-refractivity contribution in [2.45, 2.75) is 38.4 Å². The number of rotatable bonds is 4. The number of alkyl halides is 3. The van der Waals surface area contributed by atoms with Gasteiger partial charge in [0, 0.05) is 17.5 Å². The SMILES string of the molecule is NCC1(Cn2cc(-c3ccc(C(F)(F)F)cc3)nn2)CC12CCC2. The third kappa shape index (κ3) is 2.33. The summed E-state index contributed by atoms with van der Waals surface area (Å²) in [5, 5.41) is 8.26. The second kappa shape index (κ2) is 5.05. The molecular weight excluding hydrogens is 317 g/mol. The monoisotopic (exact) mass is 336 g/mol. The van der Waals surface area contributed by atoms with Crippen molar-refractivity contribution >= 4 is 0 Å². The van der Waals surface area contributed by atoms with Gasteiger partial charge < -0.3 is 5.73 Å². The van der Waals surface area contributed by atoms with E-state index in [2.05, 4.69) is 10.3 Å². The van der Waals surface area contributed by atoms with Gasteiger partial charge >= 0.3 is 6.18 Å². The smallest absolute Gasteiger partial charge is 0.330 e. The van der Waals surface area contributed by atoms with Gasteiger partial charge in [-0.3, -0.25) is 4.68 Å². The number of aromatic nitrogens is 3. The zero-order valence-electron chi connectivity index (χ0n) is 13.2. The summed E-state index contributed by atoms with van der Waals surface area (Å²) in [7, 11) is 0. The summed E-state index contributed by atoms with van der Waals surface area (Å²) in [6.07, 6.45) is 2.37. The fourth-order valence-corrected chi connectivity index (χ4v) is 4.14. The van der Waals surface area contributed by atoms with E-state index in [-0.39, 0.29) is 5.41 Å². The van der Waals surface area contributed by atoms with Crippen LogP contribution in [0.5, 0.6) is 0 Å². The fourth-order valence-electron chi connectivity index (χ4n) is 4.14. The number of benzene rings is 1. The first-order chi connectivity index (χ1) is 11.4. The zero-order chi connectivity index (χ0) is 17.0. The molecule has 2 N–H and O–H groups in total. The van der Waals surface area contributed by atoms with Gasteiger partial charge in [-0.05, 0) is 36.8 Å². The molecule has 2 aliphatic rings. The van der Waals surface area contributed by atoms with Crippen LogP contribution in [0, 0.1) is 10.8 Å². The van der Waals surface area contributed by atoms with Gasteiger partial charge in [0.25, 0.3) is 0 Å². The summed E-state index contributed by atoms with van der Waals surface area (Å²) in [4.78, 5) is 0. The molecule has 1 aromatic heterocycles. The quantitative estimate of drug-likeness (QED) is 0.930. The Kier molecular flexibility index (Phi) is 3.29. The highest BCUT2D eigenvalue weighted by molar-refractivity contribution is 5.58. The lowest BCUT2D eigenvalue weighted by Gasteiger charge is -2.32. The predicted molar refractivity (Wildman–Crippen MR) is 82.8 cm³/mol. The fraction of sp³-hybridized carbons (Fsp3) is 0.529. The number of halogens is 3. The minimum Gasteiger partial charge on any atom is -0.330 e. The third-order valence-corrected chi connectivity index (χ3v) is 5.89. The maximum absolute atomic E-state index is 12.6. The molecule has 24 heavy (non-hydrogen) atoms. The highest BCUT2D eigenvalue weighted by Gasteiger charge is 2.68. The van der Waals surface area contributed by atoms with Crippen LogP contribution in [0.1, 0.15) is 31.2 Å². The molecule has 1 aromatic carbocycles. The van der Waals surface area contributed by atoms with Crippen LogP contribution in [-0.2, 0) is 12.7 Å². The van der Waals surface area contributed by atoms with Crippen molar-refractivity contribution in [1.29, 1.82) is 0 Å². The van der Waals surface area contributed by atoms with Crippen molar-refractivity contribution in [3.63, 3.8) is 0 Å². The Morgan fingerprint density at radius 3 is 2.38 bits per heavy atom. The summed E-state index contributed by atoms with van der Waals surface area (Å²) < 4.78 is 39.7. The maximum atomic E-state index is 12.6. The highest BCUT2D eigenvalue weighted by atomic mass is 19.4. The Morgan fingerprint density at radius 2 is 1.88 bits per heavy atom. The van der Waals surface area contributed by atoms with Crippen molar-refractivity contribution < 1.29 is 13.2 Å². The van der Waals surface area contributed by atoms with E-state index in [0.717, 1.165) is 25.1 Å². The van der Waals surface area contributed by atoms with E-state index in [1.165, 1.54) is 31.4 Å². The molecule has 0 amide bonds. The molecule has 1 unspecified atom stereocenters. The minimum atomic E-state index is -4.33. The van der Waals surface area contributed by atoms with E-state index in [1.807, 2.05) is 0 Å². The Bertz CT molecular complexity index is 746. The number of nitrogens with zero attached hydrogens (tertiary/aromatic N) is 3. The van der Waals surface area contributed by atoms with Crippen LogP contribution in [-0.4, -0.2) is 21.5 Å². The van der Waals surface area contributed by atoms with E-state index >= 15 is 0 Å². The van der Waals surface area contributed by atoms with Crippen molar-refractivity contribution in [2.75, 3.05) is 6.54 Å². The second-order valence-electron chi connectivity index (χ2n) is 7.17. The largest absolute Gasteiger partial charge is 0.416 e. The molecule has 128 valence electrons. The molecule has 1 atom stereocenters. The topological polar surface area (TPSA) is 56.7 Å². The molecule has 0 radical (unpaired) electrons. The number of nitrogens with two attached hydrogens (primary N) is 1. The zero-order valence-corrected chi connectivity index (χ0v) is 13.2. The van der Waals surface area contributed by atoms with Gasteiger partial charge in [-0.25, -0.2) is 0 Å². The lowest BCUT2D eigenvalue weighted by Crippen LogP contribution is -2.32. The molecule has 1 heterocycles. The first-order valence-corrected chi connectivity index (χ1v) is 8.15. The Morgan fingerprint density at radius 1 is 1.17 bits per heavy atom. The lowest BCUT2D eigenvalue weighted by molar-refractivity contribution is -0.137. The molecular formula is C17H19F3N4. The Labute approximate surface area is 137 Å². The molecule has 0 aliphatic heterocycles. The average Bonchev–Trinajstić information content (AvgIpc) is 2.98. The summed E-state index contributed by atoms with van der Waals surface area (Å²) in [5.74, 6) is 0. The van der Waals surface area contributed by atoms with Crippen LogP contribution >= 0.6 is 0 Å². The van der Waals surface area contributed by atoms with Gasteiger partial charge in [0.1, 0.15) is 5.69 Å². The molecule has 2 saturated carbocycles. The van der Waals surface area contributed by atoms with Crippen LogP contribution in [0.2, 0.25) is 0 Å². The molecule has 1 spiro atoms. The van der Waals surface area contributed by atoms with Crippen molar-refractivity contribution in [2.24, 2.45) is 16.6 Å². The van der Waals surface area contributed by atoms with Crippen molar-refractivity contribution in [1.82, 2.24) is 15.0 Å². The van der Waals surface area contributed by atoms with Gasteiger partial charge in [-0.2, -0.15) is 13.2 Å². The standard InChI is InChI=1S/C17H19F3N4/c18-17(19,20)13-4-2-12(3-5-13)14-8-24(23-22-14)11-16(10-21)9-15(16)6-1-7-15/h2-5,8H,1,6-7,9-11,21H2. The van der Waals surface area contributed by atoms with E-state index in [1.54, 1.807) is 10.9 Å². The van der Waals surface area contributed by atoms with E-state index in [9.17, 15) is 13.2 Å². The van der Waals surface area contributed by atoms with Crippen LogP contribution < -0.4 is 5.73 Å². The number of hydrogen-bond donors (Lipinski definition) is 1. The lowest BCUT2D eigenvalue weighted by atomic mass is 9.75. The van der Waals surface area contributed by atoms with E-state index < -0.39 is 11.7 Å². The summed E-state index contributed by atoms with van der Waals surface area (Å²) in [6, 6.07) is 5.00. The Hall–Kier alpha value is -1.89. The molecule has 2 aromatic rings. The van der Waals surface area contributed by atoms with Gasteiger partial charge in [-0.1, -0.05) is 23.8 Å². The number of hydrogen-bond acceptors (Lipinski definition) is 3. The van der Waals surface area contributed by atoms with Gasteiger partial charge in [0.05, 0.1) is 18.3 Å². The Balaban J connectivity index is 1.51. The first kappa shape index (κ1) is 15.6. The van der Waals surface area contributed by atoms with E-state index in [4.69, 9.17) is 5.73 Å². The highest BCUT2D eigenvalue weighted by Crippen LogP contribution is 2.74. The third-order valence-electron chi connectivity index (χ3n) is 5.89. The van der Waals surface area contributed by atoms with Crippen LogP contribution in [0.15, 0.2) is 30.5 Å². The average molecular weight is 336 g/mol. The molecule has 7 heteroatoms. The normalized spacial score (nSPS) is 24.8. The molecule has 2 aliphatic carbocycles. The molecule has 4 nitrogen and oxygen atoms in total. The van der Waals surface area contributed by atoms with Crippen LogP contribution in [0.3, 0.4) is 0 Å².